The molecule has 3 aliphatic rings. The molecule has 5 heteroatoms. The smallest absolute Gasteiger partial charge is 0.348 e. The fourth-order valence-electron chi connectivity index (χ4n) is 6.02. The molecule has 3 aliphatic heterocycles. The molecule has 4 nitrogen and oxygen atoms in total. The Balaban J connectivity index is 1.36. The first-order valence-electron chi connectivity index (χ1n) is 13.1. The molecule has 0 N–H and O–H groups in total. The zero-order valence-corrected chi connectivity index (χ0v) is 22.4. The zero-order valence-electron chi connectivity index (χ0n) is 21.7. The fraction of sp³-hybridized carbons (Fsp3) is 0.344. The van der Waals surface area contributed by atoms with Gasteiger partial charge in [0.1, 0.15) is 6.54 Å². The Morgan fingerprint density at radius 1 is 1.03 bits per heavy atom. The Hall–Kier alpha value is -2.92. The third-order valence-corrected chi connectivity index (χ3v) is 8.39. The van der Waals surface area contributed by atoms with Crippen molar-refractivity contribution in [1.29, 1.82) is 0 Å². The number of halogens is 1. The number of aryl methyl sites for hydroxylation is 2. The van der Waals surface area contributed by atoms with Gasteiger partial charge in [0.2, 0.25) is 5.60 Å². The standard InChI is InChI=1S/C32H35ClNO3/c1-24-9-6-7-13-29(24)32(36-2,27-11-4-3-5-12-27)31(35)37-30-23-34(21-18-26(30)19-22-34)20-8-10-25-14-16-28(33)17-15-25/h3-7,9,11-18,30H,8,10,19-23H2,1-2H3/q+1. The molecule has 192 valence electrons. The van der Waals surface area contributed by atoms with Gasteiger partial charge in [-0.25, -0.2) is 4.79 Å². The van der Waals surface area contributed by atoms with Crippen molar-refractivity contribution in [2.24, 2.45) is 0 Å². The number of fused-ring (bicyclic) bond motifs is 3. The molecule has 0 spiro atoms. The highest BCUT2D eigenvalue weighted by Gasteiger charge is 2.49. The van der Waals surface area contributed by atoms with E-state index in [2.05, 4.69) is 18.2 Å². The highest BCUT2D eigenvalue weighted by atomic mass is 35.5. The van der Waals surface area contributed by atoms with Crippen molar-refractivity contribution in [3.63, 3.8) is 0 Å². The quantitative estimate of drug-likeness (QED) is 0.192. The van der Waals surface area contributed by atoms with E-state index in [4.69, 9.17) is 21.1 Å². The summed E-state index contributed by atoms with van der Waals surface area (Å²) in [5, 5.41) is 0.772. The molecular formula is C32H35ClNO3+. The molecule has 6 rings (SSSR count). The first-order valence-corrected chi connectivity index (χ1v) is 13.5. The van der Waals surface area contributed by atoms with Crippen LogP contribution in [0.25, 0.3) is 0 Å². The normalized spacial score (nSPS) is 22.2. The second-order valence-electron chi connectivity index (χ2n) is 10.4. The number of methoxy groups -OCH3 is 1. The van der Waals surface area contributed by atoms with Crippen molar-refractivity contribution in [3.05, 3.63) is 118 Å². The molecule has 37 heavy (non-hydrogen) atoms. The molecule has 0 saturated carbocycles. The minimum Gasteiger partial charge on any atom is -0.449 e. The van der Waals surface area contributed by atoms with Gasteiger partial charge in [0.25, 0.3) is 0 Å². The summed E-state index contributed by atoms with van der Waals surface area (Å²) < 4.78 is 13.5. The number of nitrogens with zero attached hydrogens (tertiary/aromatic N) is 1. The van der Waals surface area contributed by atoms with Crippen LogP contribution in [0.4, 0.5) is 0 Å². The summed E-state index contributed by atoms with van der Waals surface area (Å²) in [4.78, 5) is 14.1. The SMILES string of the molecule is COC(C(=O)OC1C[N+]2(CCCc3ccc(Cl)cc3)CC=C1CC2)(c1ccccc1)c1ccccc1C. The van der Waals surface area contributed by atoms with Gasteiger partial charge in [-0.05, 0) is 53.8 Å². The van der Waals surface area contributed by atoms with Crippen LogP contribution >= 0.6 is 11.6 Å². The molecule has 1 saturated heterocycles. The Morgan fingerprint density at radius 2 is 1.76 bits per heavy atom. The summed E-state index contributed by atoms with van der Waals surface area (Å²) in [5.74, 6) is -0.352. The lowest BCUT2D eigenvalue weighted by Gasteiger charge is -2.48. The topological polar surface area (TPSA) is 35.5 Å². The Bertz CT molecular complexity index is 1270. The van der Waals surface area contributed by atoms with Gasteiger partial charge in [-0.15, -0.1) is 0 Å². The molecule has 3 heterocycles. The van der Waals surface area contributed by atoms with Crippen LogP contribution in [0.3, 0.4) is 0 Å². The van der Waals surface area contributed by atoms with Gasteiger partial charge in [0.15, 0.2) is 6.10 Å². The number of ether oxygens (including phenoxy) is 2. The van der Waals surface area contributed by atoms with E-state index >= 15 is 0 Å². The summed E-state index contributed by atoms with van der Waals surface area (Å²) >= 11 is 6.04. The van der Waals surface area contributed by atoms with Crippen LogP contribution in [0.1, 0.15) is 35.1 Å². The number of quaternary nitrogens is 1. The molecule has 2 bridgehead atoms. The van der Waals surface area contributed by atoms with Crippen LogP contribution in [-0.2, 0) is 26.3 Å². The third-order valence-electron chi connectivity index (χ3n) is 8.14. The van der Waals surface area contributed by atoms with Gasteiger partial charge in [0.05, 0.1) is 19.6 Å². The minimum atomic E-state index is -1.32. The molecule has 3 aromatic rings. The Labute approximate surface area is 225 Å². The van der Waals surface area contributed by atoms with Crippen LogP contribution in [-0.4, -0.2) is 49.8 Å². The van der Waals surface area contributed by atoms with Crippen LogP contribution in [0.2, 0.25) is 5.02 Å². The zero-order chi connectivity index (χ0) is 25.9. The highest BCUT2D eigenvalue weighted by molar-refractivity contribution is 6.30. The van der Waals surface area contributed by atoms with Crippen molar-refractivity contribution >= 4 is 17.6 Å². The van der Waals surface area contributed by atoms with Crippen molar-refractivity contribution < 1.29 is 18.8 Å². The average Bonchev–Trinajstić information content (AvgIpc) is 2.93. The summed E-state index contributed by atoms with van der Waals surface area (Å²) in [7, 11) is 1.60. The second-order valence-corrected chi connectivity index (χ2v) is 10.8. The van der Waals surface area contributed by atoms with Crippen LogP contribution in [0, 0.1) is 6.92 Å². The molecule has 0 radical (unpaired) electrons. The van der Waals surface area contributed by atoms with E-state index < -0.39 is 5.60 Å². The van der Waals surface area contributed by atoms with Crippen LogP contribution in [0.5, 0.6) is 0 Å². The number of esters is 1. The first-order chi connectivity index (χ1) is 18.0. The third kappa shape index (κ3) is 5.11. The molecular weight excluding hydrogens is 482 g/mol. The number of carbonyl (C=O) groups is 1. The van der Waals surface area contributed by atoms with Gasteiger partial charge in [0, 0.05) is 30.5 Å². The average molecular weight is 517 g/mol. The van der Waals surface area contributed by atoms with Crippen molar-refractivity contribution in [1.82, 2.24) is 0 Å². The van der Waals surface area contributed by atoms with Gasteiger partial charge in [-0.2, -0.15) is 0 Å². The summed E-state index contributed by atoms with van der Waals surface area (Å²) in [5.41, 5.74) is 3.81. The van der Waals surface area contributed by atoms with E-state index in [-0.39, 0.29) is 12.1 Å². The molecule has 0 aromatic heterocycles. The van der Waals surface area contributed by atoms with E-state index in [1.54, 1.807) is 7.11 Å². The maximum absolute atomic E-state index is 14.1. The molecule has 3 unspecified atom stereocenters. The predicted octanol–water partition coefficient (Wildman–Crippen LogP) is 6.24. The summed E-state index contributed by atoms with van der Waals surface area (Å²) in [6.07, 6.45) is 5.15. The van der Waals surface area contributed by atoms with Crippen molar-refractivity contribution in [2.45, 2.75) is 37.9 Å². The molecule has 3 aromatic carbocycles. The number of hydrogen-bond donors (Lipinski definition) is 0. The molecule has 1 fully saturated rings. The lowest BCUT2D eigenvalue weighted by Crippen LogP contribution is -2.61. The van der Waals surface area contributed by atoms with Gasteiger partial charge < -0.3 is 14.0 Å². The molecule has 0 amide bonds. The number of hydrogen-bond acceptors (Lipinski definition) is 3. The lowest BCUT2D eigenvalue weighted by molar-refractivity contribution is -0.931. The number of carbonyl (C=O) groups excluding carboxylic acids is 1. The maximum Gasteiger partial charge on any atom is 0.348 e. The highest BCUT2D eigenvalue weighted by Crippen LogP contribution is 2.39. The van der Waals surface area contributed by atoms with Crippen molar-refractivity contribution in [3.8, 4) is 0 Å². The number of rotatable bonds is 9. The monoisotopic (exact) mass is 516 g/mol. The van der Waals surface area contributed by atoms with Crippen LogP contribution in [0.15, 0.2) is 90.5 Å². The predicted molar refractivity (Wildman–Crippen MR) is 147 cm³/mol. The summed E-state index contributed by atoms with van der Waals surface area (Å²) in [6.45, 7) is 6.01. The number of piperidine rings is 1. The van der Waals surface area contributed by atoms with Gasteiger partial charge in [-0.1, -0.05) is 78.3 Å². The minimum absolute atomic E-state index is 0.229. The van der Waals surface area contributed by atoms with Gasteiger partial charge in [-0.3, -0.25) is 0 Å². The van der Waals surface area contributed by atoms with Gasteiger partial charge >= 0.3 is 5.97 Å². The summed E-state index contributed by atoms with van der Waals surface area (Å²) in [6, 6.07) is 25.7. The largest absolute Gasteiger partial charge is 0.449 e. The molecule has 0 aliphatic carbocycles. The first kappa shape index (κ1) is 25.7. The van der Waals surface area contributed by atoms with E-state index in [1.165, 1.54) is 11.1 Å². The van der Waals surface area contributed by atoms with E-state index in [1.807, 2.05) is 73.7 Å². The Morgan fingerprint density at radius 3 is 2.43 bits per heavy atom. The van der Waals surface area contributed by atoms with E-state index in [9.17, 15) is 4.79 Å². The number of benzene rings is 3. The molecule has 3 atom stereocenters. The van der Waals surface area contributed by atoms with Crippen LogP contribution < -0.4 is 0 Å². The van der Waals surface area contributed by atoms with Crippen molar-refractivity contribution in [2.75, 3.05) is 33.3 Å². The Kier molecular flexibility index (Phi) is 7.52. The fourth-order valence-corrected chi connectivity index (χ4v) is 6.15. The second kappa shape index (κ2) is 10.8. The van der Waals surface area contributed by atoms with E-state index in [0.717, 1.165) is 71.6 Å². The van der Waals surface area contributed by atoms with E-state index in [0.29, 0.717) is 0 Å². The lowest BCUT2D eigenvalue weighted by atomic mass is 9.83. The maximum atomic E-state index is 14.1.